The van der Waals surface area contributed by atoms with Crippen LogP contribution in [0.1, 0.15) is 49.2 Å². The SMILES string of the molecule is CC1(C)CC(=O)c2c([nH]c(-c3ccncc3OCC3CC3)c2Nc2ccccc2)C1. The average molecular weight is 402 g/mol. The topological polar surface area (TPSA) is 67.0 Å². The average Bonchev–Trinajstić information content (AvgIpc) is 3.48. The van der Waals surface area contributed by atoms with Crippen LogP contribution < -0.4 is 10.1 Å². The zero-order chi connectivity index (χ0) is 20.7. The van der Waals surface area contributed by atoms with E-state index in [9.17, 15) is 4.79 Å². The Morgan fingerprint density at radius 3 is 2.73 bits per heavy atom. The molecule has 0 radical (unpaired) electrons. The molecule has 5 heteroatoms. The van der Waals surface area contributed by atoms with Crippen LogP contribution >= 0.6 is 0 Å². The van der Waals surface area contributed by atoms with Crippen LogP contribution in [0.4, 0.5) is 11.4 Å². The Morgan fingerprint density at radius 1 is 1.17 bits per heavy atom. The molecule has 0 unspecified atom stereocenters. The maximum absolute atomic E-state index is 13.2. The van der Waals surface area contributed by atoms with Gasteiger partial charge in [-0.1, -0.05) is 32.0 Å². The van der Waals surface area contributed by atoms with Crippen LogP contribution in [-0.2, 0) is 6.42 Å². The molecule has 1 fully saturated rings. The summed E-state index contributed by atoms with van der Waals surface area (Å²) in [7, 11) is 0. The van der Waals surface area contributed by atoms with Crippen molar-refractivity contribution in [2.45, 2.75) is 39.5 Å². The van der Waals surface area contributed by atoms with E-state index in [0.29, 0.717) is 18.9 Å². The number of H-pyrrole nitrogens is 1. The van der Waals surface area contributed by atoms with Crippen LogP contribution in [0.3, 0.4) is 0 Å². The van der Waals surface area contributed by atoms with Gasteiger partial charge in [0.2, 0.25) is 0 Å². The summed E-state index contributed by atoms with van der Waals surface area (Å²) in [6.07, 6.45) is 7.39. The highest BCUT2D eigenvalue weighted by atomic mass is 16.5. The van der Waals surface area contributed by atoms with Crippen LogP contribution in [-0.4, -0.2) is 22.4 Å². The first-order valence-corrected chi connectivity index (χ1v) is 10.7. The van der Waals surface area contributed by atoms with Crippen molar-refractivity contribution in [3.8, 4) is 17.0 Å². The fourth-order valence-corrected chi connectivity index (χ4v) is 4.24. The van der Waals surface area contributed by atoms with Gasteiger partial charge in [-0.3, -0.25) is 9.78 Å². The molecule has 2 aliphatic rings. The molecule has 0 atom stereocenters. The number of carbonyl (C=O) groups excluding carboxylic acids is 1. The predicted octanol–water partition coefficient (Wildman–Crippen LogP) is 5.76. The predicted molar refractivity (Wildman–Crippen MR) is 118 cm³/mol. The first-order chi connectivity index (χ1) is 14.5. The van der Waals surface area contributed by atoms with Gasteiger partial charge in [-0.25, -0.2) is 0 Å². The Balaban J connectivity index is 1.62. The Labute approximate surface area is 176 Å². The largest absolute Gasteiger partial charge is 0.491 e. The number of ketones is 1. The zero-order valence-corrected chi connectivity index (χ0v) is 17.5. The fraction of sp³-hybridized carbons (Fsp3) is 0.360. The maximum Gasteiger partial charge on any atom is 0.167 e. The number of pyridine rings is 1. The number of hydrogen-bond donors (Lipinski definition) is 2. The van der Waals surface area contributed by atoms with Gasteiger partial charge in [-0.2, -0.15) is 0 Å². The monoisotopic (exact) mass is 401 g/mol. The van der Waals surface area contributed by atoms with Crippen LogP contribution in [0.15, 0.2) is 48.8 Å². The van der Waals surface area contributed by atoms with Crippen molar-refractivity contribution in [1.82, 2.24) is 9.97 Å². The molecule has 5 rings (SSSR count). The Morgan fingerprint density at radius 2 is 1.97 bits per heavy atom. The van der Waals surface area contributed by atoms with Crippen molar-refractivity contribution in [3.05, 3.63) is 60.0 Å². The fourth-order valence-electron chi connectivity index (χ4n) is 4.24. The second-order valence-electron chi connectivity index (χ2n) is 9.29. The number of para-hydroxylation sites is 1. The van der Waals surface area contributed by atoms with E-state index in [4.69, 9.17) is 4.74 Å². The van der Waals surface area contributed by atoms with Gasteiger partial charge in [-0.05, 0) is 48.8 Å². The van der Waals surface area contributed by atoms with Crippen LogP contribution in [0.2, 0.25) is 0 Å². The first kappa shape index (κ1) is 18.9. The molecule has 0 bridgehead atoms. The van der Waals surface area contributed by atoms with E-state index >= 15 is 0 Å². The quantitative estimate of drug-likeness (QED) is 0.551. The van der Waals surface area contributed by atoms with Gasteiger partial charge >= 0.3 is 0 Å². The number of hydrogen-bond acceptors (Lipinski definition) is 4. The van der Waals surface area contributed by atoms with Gasteiger partial charge in [0.25, 0.3) is 0 Å². The van der Waals surface area contributed by atoms with Crippen molar-refractivity contribution < 1.29 is 9.53 Å². The number of fused-ring (bicyclic) bond motifs is 1. The van der Waals surface area contributed by atoms with Crippen LogP contribution in [0.25, 0.3) is 11.3 Å². The van der Waals surface area contributed by atoms with E-state index in [0.717, 1.165) is 46.1 Å². The van der Waals surface area contributed by atoms with E-state index in [1.165, 1.54) is 12.8 Å². The molecule has 3 aromatic rings. The maximum atomic E-state index is 13.2. The number of Topliss-reactive ketones (excluding diaryl/α,β-unsaturated/α-hetero) is 1. The molecule has 154 valence electrons. The van der Waals surface area contributed by atoms with Crippen molar-refractivity contribution in [3.63, 3.8) is 0 Å². The van der Waals surface area contributed by atoms with E-state index in [1.807, 2.05) is 36.4 Å². The van der Waals surface area contributed by atoms with Gasteiger partial charge in [0.05, 0.1) is 29.7 Å². The number of carbonyl (C=O) groups is 1. The lowest BCUT2D eigenvalue weighted by molar-refractivity contribution is 0.0912. The third kappa shape index (κ3) is 3.72. The molecule has 2 aromatic heterocycles. The third-order valence-electron chi connectivity index (χ3n) is 5.92. The number of nitrogens with zero attached hydrogens (tertiary/aromatic N) is 1. The number of anilines is 2. The minimum atomic E-state index is -0.0558. The molecule has 1 aromatic carbocycles. The molecular formula is C25H27N3O2. The molecule has 5 nitrogen and oxygen atoms in total. The smallest absolute Gasteiger partial charge is 0.167 e. The summed E-state index contributed by atoms with van der Waals surface area (Å²) >= 11 is 0. The minimum absolute atomic E-state index is 0.0558. The highest BCUT2D eigenvalue weighted by Crippen LogP contribution is 2.45. The Kier molecular flexibility index (Phi) is 4.61. The van der Waals surface area contributed by atoms with Crippen molar-refractivity contribution in [1.29, 1.82) is 0 Å². The number of benzene rings is 1. The van der Waals surface area contributed by atoms with E-state index in [-0.39, 0.29) is 11.2 Å². The highest BCUT2D eigenvalue weighted by Gasteiger charge is 2.36. The van der Waals surface area contributed by atoms with Gasteiger partial charge in [-0.15, -0.1) is 0 Å². The van der Waals surface area contributed by atoms with E-state index in [2.05, 4.69) is 29.1 Å². The third-order valence-corrected chi connectivity index (χ3v) is 5.92. The van der Waals surface area contributed by atoms with Gasteiger partial charge in [0, 0.05) is 29.6 Å². The van der Waals surface area contributed by atoms with E-state index in [1.54, 1.807) is 12.4 Å². The van der Waals surface area contributed by atoms with Crippen molar-refractivity contribution in [2.24, 2.45) is 11.3 Å². The molecule has 0 spiro atoms. The lowest BCUT2D eigenvalue weighted by atomic mass is 9.76. The highest BCUT2D eigenvalue weighted by molar-refractivity contribution is 6.08. The summed E-state index contributed by atoms with van der Waals surface area (Å²) in [5.74, 6) is 1.58. The number of rotatable bonds is 6. The van der Waals surface area contributed by atoms with Crippen LogP contribution in [0.5, 0.6) is 5.75 Å². The molecule has 2 N–H and O–H groups in total. The summed E-state index contributed by atoms with van der Waals surface area (Å²) in [6.45, 7) is 5.01. The Hall–Kier alpha value is -3.08. The molecule has 0 saturated heterocycles. The molecule has 0 amide bonds. The molecule has 2 heterocycles. The number of aromatic amines is 1. The minimum Gasteiger partial charge on any atom is -0.491 e. The summed E-state index contributed by atoms with van der Waals surface area (Å²) in [4.78, 5) is 21.0. The van der Waals surface area contributed by atoms with E-state index < -0.39 is 0 Å². The van der Waals surface area contributed by atoms with Gasteiger partial charge in [0.1, 0.15) is 5.75 Å². The van der Waals surface area contributed by atoms with Gasteiger partial charge < -0.3 is 15.0 Å². The molecule has 30 heavy (non-hydrogen) atoms. The first-order valence-electron chi connectivity index (χ1n) is 10.7. The zero-order valence-electron chi connectivity index (χ0n) is 17.5. The second kappa shape index (κ2) is 7.31. The molecule has 0 aliphatic heterocycles. The molecule has 1 saturated carbocycles. The molecule has 2 aliphatic carbocycles. The van der Waals surface area contributed by atoms with Gasteiger partial charge in [0.15, 0.2) is 5.78 Å². The lowest BCUT2D eigenvalue weighted by Gasteiger charge is -2.28. The number of nitrogens with one attached hydrogen (secondary N) is 2. The van der Waals surface area contributed by atoms with Crippen molar-refractivity contribution >= 4 is 17.2 Å². The lowest BCUT2D eigenvalue weighted by Crippen LogP contribution is -2.26. The molecular weight excluding hydrogens is 374 g/mol. The normalized spacial score (nSPS) is 17.5. The summed E-state index contributed by atoms with van der Waals surface area (Å²) in [6, 6.07) is 11.9. The van der Waals surface area contributed by atoms with Crippen LogP contribution in [0, 0.1) is 11.3 Å². The number of aromatic nitrogens is 2. The second-order valence-corrected chi connectivity index (χ2v) is 9.29. The summed E-state index contributed by atoms with van der Waals surface area (Å²) in [5.41, 5.74) is 5.33. The van der Waals surface area contributed by atoms with Crippen molar-refractivity contribution in [2.75, 3.05) is 11.9 Å². The number of ether oxygens (including phenoxy) is 1. The summed E-state index contributed by atoms with van der Waals surface area (Å²) in [5, 5.41) is 3.51. The Bertz CT molecular complexity index is 1080. The standard InChI is InChI=1S/C25H27N3O2/c1-25(2)12-19-22(20(29)13-25)24(27-17-6-4-3-5-7-17)23(28-19)18-10-11-26-14-21(18)30-15-16-8-9-16/h3-7,10-11,14,16,27-28H,8-9,12-13,15H2,1-2H3. The summed E-state index contributed by atoms with van der Waals surface area (Å²) < 4.78 is 6.13.